The second-order valence-corrected chi connectivity index (χ2v) is 6.93. The lowest BCUT2D eigenvalue weighted by Gasteiger charge is -2.14. The van der Waals surface area contributed by atoms with Gasteiger partial charge in [0.1, 0.15) is 4.60 Å². The Kier molecular flexibility index (Phi) is 5.93. The molecule has 1 fully saturated rings. The number of carbonyl (C=O) groups is 1. The summed E-state index contributed by atoms with van der Waals surface area (Å²) in [5.41, 5.74) is 7.55. The van der Waals surface area contributed by atoms with Crippen molar-refractivity contribution < 1.29 is 4.79 Å². The van der Waals surface area contributed by atoms with Crippen LogP contribution in [-0.2, 0) is 6.42 Å². The van der Waals surface area contributed by atoms with Crippen LogP contribution in [-0.4, -0.2) is 45.4 Å². The summed E-state index contributed by atoms with van der Waals surface area (Å²) in [5, 5.41) is 2.78. The standard InChI is InChI=1S/C17H21BrN6O/c18-14-11-21-16(19)15(23-14)17(25)22-13-8-12(9-20-10-13)4-3-7-24-5-1-2-6-24/h8-11H,1-7H2,(H2,19,21)(H,22,25). The lowest BCUT2D eigenvalue weighted by atomic mass is 10.1. The van der Waals surface area contributed by atoms with E-state index in [0.29, 0.717) is 10.3 Å². The van der Waals surface area contributed by atoms with Crippen LogP contribution >= 0.6 is 15.9 Å². The molecular weight excluding hydrogens is 384 g/mol. The molecule has 1 aliphatic heterocycles. The van der Waals surface area contributed by atoms with Crippen molar-refractivity contribution in [3.63, 3.8) is 0 Å². The largest absolute Gasteiger partial charge is 0.382 e. The maximum absolute atomic E-state index is 12.3. The molecule has 0 radical (unpaired) electrons. The third-order valence-corrected chi connectivity index (χ3v) is 4.56. The number of hydrogen-bond donors (Lipinski definition) is 2. The maximum Gasteiger partial charge on any atom is 0.278 e. The van der Waals surface area contributed by atoms with E-state index >= 15 is 0 Å². The number of rotatable bonds is 6. The molecule has 3 heterocycles. The summed E-state index contributed by atoms with van der Waals surface area (Å²) in [6.07, 6.45) is 9.55. The Labute approximate surface area is 155 Å². The van der Waals surface area contributed by atoms with Crippen molar-refractivity contribution in [2.45, 2.75) is 25.7 Å². The Balaban J connectivity index is 1.59. The second-order valence-electron chi connectivity index (χ2n) is 6.11. The SMILES string of the molecule is Nc1ncc(Br)nc1C(=O)Nc1cncc(CCCN2CCCC2)c1. The van der Waals surface area contributed by atoms with Crippen LogP contribution < -0.4 is 11.1 Å². The smallest absolute Gasteiger partial charge is 0.278 e. The predicted molar refractivity (Wildman–Crippen MR) is 100 cm³/mol. The third-order valence-electron chi connectivity index (χ3n) is 4.18. The van der Waals surface area contributed by atoms with E-state index in [4.69, 9.17) is 5.73 Å². The molecule has 7 nitrogen and oxygen atoms in total. The highest BCUT2D eigenvalue weighted by Crippen LogP contribution is 2.15. The normalized spacial score (nSPS) is 14.6. The van der Waals surface area contributed by atoms with Crippen molar-refractivity contribution in [1.82, 2.24) is 19.9 Å². The van der Waals surface area contributed by atoms with Crippen molar-refractivity contribution in [2.75, 3.05) is 30.7 Å². The van der Waals surface area contributed by atoms with Crippen LogP contribution in [0.4, 0.5) is 11.5 Å². The van der Waals surface area contributed by atoms with Gasteiger partial charge in [0, 0.05) is 6.20 Å². The number of nitrogens with zero attached hydrogens (tertiary/aromatic N) is 4. The van der Waals surface area contributed by atoms with E-state index in [1.807, 2.05) is 12.3 Å². The summed E-state index contributed by atoms with van der Waals surface area (Å²) in [4.78, 5) is 27.0. The maximum atomic E-state index is 12.3. The number of aryl methyl sites for hydroxylation is 1. The first kappa shape index (κ1) is 17.8. The number of nitrogens with one attached hydrogen (secondary N) is 1. The molecule has 0 saturated carbocycles. The molecule has 0 aromatic carbocycles. The molecule has 0 unspecified atom stereocenters. The number of halogens is 1. The van der Waals surface area contributed by atoms with Gasteiger partial charge in [0.25, 0.3) is 5.91 Å². The number of nitrogen functional groups attached to an aromatic ring is 1. The van der Waals surface area contributed by atoms with Gasteiger partial charge in [-0.15, -0.1) is 0 Å². The Bertz CT molecular complexity index is 748. The van der Waals surface area contributed by atoms with Gasteiger partial charge in [-0.05, 0) is 72.9 Å². The minimum absolute atomic E-state index is 0.0915. The first-order chi connectivity index (χ1) is 12.1. The van der Waals surface area contributed by atoms with E-state index in [-0.39, 0.29) is 11.5 Å². The molecule has 3 rings (SSSR count). The topological polar surface area (TPSA) is 97.0 Å². The summed E-state index contributed by atoms with van der Waals surface area (Å²) < 4.78 is 0.459. The minimum Gasteiger partial charge on any atom is -0.382 e. The van der Waals surface area contributed by atoms with Gasteiger partial charge in [0.05, 0.1) is 18.1 Å². The summed E-state index contributed by atoms with van der Waals surface area (Å²) >= 11 is 3.19. The molecule has 3 N–H and O–H groups in total. The molecule has 1 amide bonds. The molecule has 0 spiro atoms. The molecule has 0 bridgehead atoms. The highest BCUT2D eigenvalue weighted by molar-refractivity contribution is 9.10. The van der Waals surface area contributed by atoms with Gasteiger partial charge in [-0.25, -0.2) is 9.97 Å². The Morgan fingerprint density at radius 2 is 2.08 bits per heavy atom. The van der Waals surface area contributed by atoms with Crippen LogP contribution in [0.1, 0.15) is 35.3 Å². The predicted octanol–water partition coefficient (Wildman–Crippen LogP) is 2.50. The number of aromatic nitrogens is 3. The van der Waals surface area contributed by atoms with E-state index in [0.717, 1.165) is 24.9 Å². The fraction of sp³-hybridized carbons (Fsp3) is 0.412. The van der Waals surface area contributed by atoms with Crippen molar-refractivity contribution in [1.29, 1.82) is 0 Å². The lowest BCUT2D eigenvalue weighted by molar-refractivity contribution is 0.102. The van der Waals surface area contributed by atoms with Gasteiger partial charge in [-0.2, -0.15) is 0 Å². The van der Waals surface area contributed by atoms with Gasteiger partial charge in [0.15, 0.2) is 11.5 Å². The molecule has 25 heavy (non-hydrogen) atoms. The minimum atomic E-state index is -0.401. The van der Waals surface area contributed by atoms with Crippen LogP contribution in [0.2, 0.25) is 0 Å². The van der Waals surface area contributed by atoms with Crippen LogP contribution in [0.15, 0.2) is 29.3 Å². The van der Waals surface area contributed by atoms with Gasteiger partial charge in [-0.1, -0.05) is 0 Å². The zero-order valence-corrected chi connectivity index (χ0v) is 15.5. The van der Waals surface area contributed by atoms with Crippen LogP contribution in [0.25, 0.3) is 0 Å². The van der Waals surface area contributed by atoms with Gasteiger partial charge < -0.3 is 16.0 Å². The van der Waals surface area contributed by atoms with Crippen LogP contribution in [0, 0.1) is 0 Å². The fourth-order valence-corrected chi connectivity index (χ4v) is 3.22. The van der Waals surface area contributed by atoms with Crippen molar-refractivity contribution in [3.8, 4) is 0 Å². The number of anilines is 2. The van der Waals surface area contributed by atoms with Gasteiger partial charge >= 0.3 is 0 Å². The number of carbonyl (C=O) groups excluding carboxylic acids is 1. The summed E-state index contributed by atoms with van der Waals surface area (Å²) in [5.74, 6) is -0.308. The summed E-state index contributed by atoms with van der Waals surface area (Å²) in [6, 6.07) is 1.94. The van der Waals surface area contributed by atoms with Crippen molar-refractivity contribution in [3.05, 3.63) is 40.5 Å². The quantitative estimate of drug-likeness (QED) is 0.767. The van der Waals surface area contributed by atoms with Crippen LogP contribution in [0.5, 0.6) is 0 Å². The number of amides is 1. The first-order valence-electron chi connectivity index (χ1n) is 8.37. The number of nitrogens with two attached hydrogens (primary N) is 1. The van der Waals surface area contributed by atoms with Crippen molar-refractivity contribution >= 4 is 33.3 Å². The average Bonchev–Trinajstić information content (AvgIpc) is 3.11. The summed E-state index contributed by atoms with van der Waals surface area (Å²) in [7, 11) is 0. The van der Waals surface area contributed by atoms with Gasteiger partial charge in [0.2, 0.25) is 0 Å². The highest BCUT2D eigenvalue weighted by Gasteiger charge is 2.14. The molecule has 8 heteroatoms. The molecule has 1 aliphatic rings. The third kappa shape index (κ3) is 4.96. The average molecular weight is 405 g/mol. The van der Waals surface area contributed by atoms with Crippen molar-refractivity contribution in [2.24, 2.45) is 0 Å². The monoisotopic (exact) mass is 404 g/mol. The highest BCUT2D eigenvalue weighted by atomic mass is 79.9. The molecule has 1 saturated heterocycles. The lowest BCUT2D eigenvalue weighted by Crippen LogP contribution is -2.20. The second kappa shape index (κ2) is 8.35. The molecular formula is C17H21BrN6O. The number of pyridine rings is 1. The fourth-order valence-electron chi connectivity index (χ4n) is 2.94. The molecule has 0 atom stereocenters. The Morgan fingerprint density at radius 3 is 2.88 bits per heavy atom. The Hall–Kier alpha value is -2.06. The Morgan fingerprint density at radius 1 is 1.28 bits per heavy atom. The zero-order valence-electron chi connectivity index (χ0n) is 13.9. The molecule has 0 aliphatic carbocycles. The van der Waals surface area contributed by atoms with E-state index in [9.17, 15) is 4.79 Å². The number of hydrogen-bond acceptors (Lipinski definition) is 6. The van der Waals surface area contributed by atoms with Gasteiger partial charge in [-0.3, -0.25) is 9.78 Å². The van der Waals surface area contributed by atoms with Crippen LogP contribution in [0.3, 0.4) is 0 Å². The van der Waals surface area contributed by atoms with E-state index in [1.54, 1.807) is 6.20 Å². The summed E-state index contributed by atoms with van der Waals surface area (Å²) in [6.45, 7) is 3.54. The molecule has 2 aromatic rings. The molecule has 132 valence electrons. The number of likely N-dealkylation sites (tertiary alicyclic amines) is 1. The first-order valence-corrected chi connectivity index (χ1v) is 9.17. The van der Waals surface area contributed by atoms with E-state index in [2.05, 4.69) is 41.1 Å². The van der Waals surface area contributed by atoms with E-state index in [1.165, 1.54) is 32.1 Å². The van der Waals surface area contributed by atoms with E-state index < -0.39 is 5.91 Å². The zero-order chi connectivity index (χ0) is 17.6. The molecule has 2 aromatic heterocycles.